The zero-order valence-corrected chi connectivity index (χ0v) is 18.8. The third-order valence-electron chi connectivity index (χ3n) is 5.75. The lowest BCUT2D eigenvalue weighted by molar-refractivity contribution is 0.409. The zero-order chi connectivity index (χ0) is 19.6. The maximum Gasteiger partial charge on any atom is 0.277 e. The van der Waals surface area contributed by atoms with E-state index in [-0.39, 0.29) is 6.04 Å². The fourth-order valence-corrected chi connectivity index (χ4v) is 5.18. The molecule has 1 fully saturated rings. The molecule has 0 aromatic heterocycles. The van der Waals surface area contributed by atoms with Gasteiger partial charge in [-0.3, -0.25) is 0 Å². The lowest BCUT2D eigenvalue weighted by Gasteiger charge is -2.22. The van der Waals surface area contributed by atoms with Gasteiger partial charge in [0.05, 0.1) is 0 Å². The molecule has 1 saturated carbocycles. The Morgan fingerprint density at radius 3 is 1.59 bits per heavy atom. The molecule has 0 bridgehead atoms. The third-order valence-corrected chi connectivity index (χ3v) is 6.98. The topological polar surface area (TPSA) is 58.2 Å². The molecule has 0 amide bonds. The summed E-state index contributed by atoms with van der Waals surface area (Å²) in [7, 11) is -3.30. The van der Waals surface area contributed by atoms with Crippen LogP contribution in [-0.2, 0) is 10.2 Å². The summed E-state index contributed by atoms with van der Waals surface area (Å²) in [6.45, 7) is 2.84. The van der Waals surface area contributed by atoms with Gasteiger partial charge in [0.15, 0.2) is 0 Å². The van der Waals surface area contributed by atoms with Crippen molar-refractivity contribution in [2.45, 2.75) is 135 Å². The Balaban J connectivity index is 1.82. The Kier molecular flexibility index (Phi) is 15.5. The Morgan fingerprint density at radius 1 is 0.667 bits per heavy atom. The van der Waals surface area contributed by atoms with Crippen molar-refractivity contribution in [3.05, 3.63) is 0 Å². The van der Waals surface area contributed by atoms with E-state index in [4.69, 9.17) is 0 Å². The van der Waals surface area contributed by atoms with Crippen LogP contribution in [0.25, 0.3) is 0 Å². The average Bonchev–Trinajstić information content (AvgIpc) is 2.65. The van der Waals surface area contributed by atoms with Crippen LogP contribution in [-0.4, -0.2) is 21.0 Å². The highest BCUT2D eigenvalue weighted by Crippen LogP contribution is 2.18. The summed E-state index contributed by atoms with van der Waals surface area (Å²) in [4.78, 5) is 0. The summed E-state index contributed by atoms with van der Waals surface area (Å²) in [6, 6.07) is 0.146. The van der Waals surface area contributed by atoms with Gasteiger partial charge in [-0.25, -0.2) is 4.72 Å². The van der Waals surface area contributed by atoms with Crippen LogP contribution in [0.15, 0.2) is 0 Å². The predicted octanol–water partition coefficient (Wildman–Crippen LogP) is 6.22. The van der Waals surface area contributed by atoms with E-state index in [1.165, 1.54) is 83.5 Å². The molecule has 1 aliphatic rings. The summed E-state index contributed by atoms with van der Waals surface area (Å²) in [5, 5.41) is 0. The molecule has 162 valence electrons. The van der Waals surface area contributed by atoms with Crippen LogP contribution >= 0.6 is 0 Å². The number of rotatable bonds is 18. The predicted molar refractivity (Wildman–Crippen MR) is 117 cm³/mol. The Hall–Kier alpha value is -0.130. The summed E-state index contributed by atoms with van der Waals surface area (Å²) in [5.74, 6) is 0. The van der Waals surface area contributed by atoms with Crippen molar-refractivity contribution in [1.82, 2.24) is 9.44 Å². The van der Waals surface area contributed by atoms with Gasteiger partial charge in [0.1, 0.15) is 0 Å². The van der Waals surface area contributed by atoms with Crippen LogP contribution in [0.2, 0.25) is 0 Å². The van der Waals surface area contributed by atoms with Crippen molar-refractivity contribution in [3.63, 3.8) is 0 Å². The van der Waals surface area contributed by atoms with Crippen LogP contribution in [0.1, 0.15) is 129 Å². The van der Waals surface area contributed by atoms with Gasteiger partial charge in [0.25, 0.3) is 10.2 Å². The summed E-state index contributed by atoms with van der Waals surface area (Å²) >= 11 is 0. The standard InChI is InChI=1S/C22H46N2O2S/c1-2-3-4-5-6-7-8-9-10-11-12-13-14-18-21-23-27(25,26)24-22-19-16-15-17-20-22/h22-24H,2-21H2,1H3. The Labute approximate surface area is 169 Å². The van der Waals surface area contributed by atoms with Crippen LogP contribution in [0, 0.1) is 0 Å². The third kappa shape index (κ3) is 15.5. The van der Waals surface area contributed by atoms with E-state index in [1.807, 2.05) is 0 Å². The molecule has 0 aromatic carbocycles. The molecule has 0 unspecified atom stereocenters. The van der Waals surface area contributed by atoms with E-state index in [0.29, 0.717) is 6.54 Å². The van der Waals surface area contributed by atoms with Crippen molar-refractivity contribution in [1.29, 1.82) is 0 Å². The molecule has 0 spiro atoms. The molecule has 5 heteroatoms. The molecule has 1 aliphatic carbocycles. The lowest BCUT2D eigenvalue weighted by atomic mass is 9.96. The fraction of sp³-hybridized carbons (Fsp3) is 1.00. The van der Waals surface area contributed by atoms with E-state index in [0.717, 1.165) is 38.5 Å². The van der Waals surface area contributed by atoms with Gasteiger partial charge < -0.3 is 0 Å². The smallest absolute Gasteiger partial charge is 0.202 e. The number of nitrogens with one attached hydrogen (secondary N) is 2. The molecule has 0 saturated heterocycles. The van der Waals surface area contributed by atoms with Crippen LogP contribution in [0.3, 0.4) is 0 Å². The summed E-state index contributed by atoms with van der Waals surface area (Å²) in [5.41, 5.74) is 0. The van der Waals surface area contributed by atoms with Crippen molar-refractivity contribution in [3.8, 4) is 0 Å². The number of unbranched alkanes of at least 4 members (excludes halogenated alkanes) is 13. The first-order valence-electron chi connectivity index (χ1n) is 11.9. The van der Waals surface area contributed by atoms with E-state index >= 15 is 0 Å². The first-order valence-corrected chi connectivity index (χ1v) is 13.4. The van der Waals surface area contributed by atoms with Crippen molar-refractivity contribution < 1.29 is 8.42 Å². The van der Waals surface area contributed by atoms with E-state index in [1.54, 1.807) is 0 Å². The number of hydrogen-bond donors (Lipinski definition) is 2. The molecule has 0 radical (unpaired) electrons. The Morgan fingerprint density at radius 2 is 1.11 bits per heavy atom. The van der Waals surface area contributed by atoms with Crippen LogP contribution in [0.5, 0.6) is 0 Å². The lowest BCUT2D eigenvalue weighted by Crippen LogP contribution is -2.43. The van der Waals surface area contributed by atoms with Gasteiger partial charge in [-0.2, -0.15) is 13.1 Å². The Bertz CT molecular complexity index is 420. The SMILES string of the molecule is CCCCCCCCCCCCCCCCNS(=O)(=O)NC1CCCCC1. The second kappa shape index (κ2) is 16.8. The van der Waals surface area contributed by atoms with Crippen molar-refractivity contribution in [2.24, 2.45) is 0 Å². The van der Waals surface area contributed by atoms with Crippen molar-refractivity contribution >= 4 is 10.2 Å². The molecule has 0 aromatic rings. The molecule has 1 rings (SSSR count). The molecule has 2 N–H and O–H groups in total. The minimum Gasteiger partial charge on any atom is -0.202 e. The minimum atomic E-state index is -3.30. The largest absolute Gasteiger partial charge is 0.277 e. The number of hydrogen-bond acceptors (Lipinski definition) is 2. The second-order valence-electron chi connectivity index (χ2n) is 8.45. The minimum absolute atomic E-state index is 0.146. The van der Waals surface area contributed by atoms with Gasteiger partial charge in [0.2, 0.25) is 0 Å². The van der Waals surface area contributed by atoms with E-state index in [2.05, 4.69) is 16.4 Å². The summed E-state index contributed by atoms with van der Waals surface area (Å²) < 4.78 is 29.5. The maximum atomic E-state index is 12.0. The van der Waals surface area contributed by atoms with Gasteiger partial charge >= 0.3 is 0 Å². The van der Waals surface area contributed by atoms with Gasteiger partial charge in [-0.1, -0.05) is 110 Å². The second-order valence-corrected chi connectivity index (χ2v) is 9.98. The van der Waals surface area contributed by atoms with E-state index in [9.17, 15) is 8.42 Å². The highest BCUT2D eigenvalue weighted by atomic mass is 32.2. The molecule has 27 heavy (non-hydrogen) atoms. The van der Waals surface area contributed by atoms with Gasteiger partial charge in [-0.15, -0.1) is 0 Å². The highest BCUT2D eigenvalue weighted by molar-refractivity contribution is 7.87. The van der Waals surface area contributed by atoms with Gasteiger partial charge in [-0.05, 0) is 19.3 Å². The molecule has 0 aliphatic heterocycles. The quantitative estimate of drug-likeness (QED) is 0.267. The average molecular weight is 403 g/mol. The monoisotopic (exact) mass is 402 g/mol. The van der Waals surface area contributed by atoms with Crippen molar-refractivity contribution in [2.75, 3.05) is 6.54 Å². The van der Waals surface area contributed by atoms with Crippen LogP contribution in [0.4, 0.5) is 0 Å². The molecule has 0 atom stereocenters. The van der Waals surface area contributed by atoms with E-state index < -0.39 is 10.2 Å². The molecule has 0 heterocycles. The first kappa shape index (κ1) is 24.9. The summed E-state index contributed by atoms with van der Waals surface area (Å²) in [6.07, 6.45) is 24.0. The normalized spacial score (nSPS) is 16.0. The maximum absolute atomic E-state index is 12.0. The first-order chi connectivity index (χ1) is 13.1. The molecule has 4 nitrogen and oxygen atoms in total. The zero-order valence-electron chi connectivity index (χ0n) is 17.9. The fourth-order valence-electron chi connectivity index (χ4n) is 4.01. The highest BCUT2D eigenvalue weighted by Gasteiger charge is 2.19. The van der Waals surface area contributed by atoms with Crippen LogP contribution < -0.4 is 9.44 Å². The molecular formula is C22H46N2O2S. The van der Waals surface area contributed by atoms with Gasteiger partial charge in [0, 0.05) is 12.6 Å². The molecular weight excluding hydrogens is 356 g/mol.